The standard InChI is InChI=1S/C10H16N4O/c1-12(2)10(15)14-5-4-8-9(6-14)13(3)7-11-8/h7H,4-6H2,1-3H3. The van der Waals surface area contributed by atoms with Crippen molar-refractivity contribution >= 4 is 6.03 Å². The van der Waals surface area contributed by atoms with E-state index in [1.54, 1.807) is 19.0 Å². The fourth-order valence-electron chi connectivity index (χ4n) is 1.86. The summed E-state index contributed by atoms with van der Waals surface area (Å²) in [4.78, 5) is 19.5. The molecule has 2 rings (SSSR count). The Morgan fingerprint density at radius 1 is 1.53 bits per heavy atom. The molecule has 5 heteroatoms. The Labute approximate surface area is 89.3 Å². The van der Waals surface area contributed by atoms with Crippen LogP contribution in [0.1, 0.15) is 11.4 Å². The number of aromatic nitrogens is 2. The molecular formula is C10H16N4O. The van der Waals surface area contributed by atoms with Crippen molar-refractivity contribution in [2.75, 3.05) is 20.6 Å². The number of urea groups is 1. The molecule has 2 amide bonds. The minimum Gasteiger partial charge on any atom is -0.336 e. The number of fused-ring (bicyclic) bond motifs is 1. The Morgan fingerprint density at radius 2 is 2.27 bits per heavy atom. The number of rotatable bonds is 0. The molecule has 1 aromatic heterocycles. The van der Waals surface area contributed by atoms with Crippen molar-refractivity contribution in [3.8, 4) is 0 Å². The fraction of sp³-hybridized carbons (Fsp3) is 0.600. The second-order valence-electron chi connectivity index (χ2n) is 4.10. The maximum atomic E-state index is 11.8. The molecule has 0 atom stereocenters. The van der Waals surface area contributed by atoms with Gasteiger partial charge in [-0.15, -0.1) is 0 Å². The van der Waals surface area contributed by atoms with E-state index in [9.17, 15) is 4.79 Å². The summed E-state index contributed by atoms with van der Waals surface area (Å²) in [7, 11) is 5.53. The van der Waals surface area contributed by atoms with Crippen LogP contribution in [0.5, 0.6) is 0 Å². The highest BCUT2D eigenvalue weighted by molar-refractivity contribution is 5.74. The third-order valence-corrected chi connectivity index (χ3v) is 2.76. The summed E-state index contributed by atoms with van der Waals surface area (Å²) < 4.78 is 1.99. The summed E-state index contributed by atoms with van der Waals surface area (Å²) in [5.41, 5.74) is 2.27. The molecule has 0 saturated carbocycles. The van der Waals surface area contributed by atoms with Crippen molar-refractivity contribution in [2.24, 2.45) is 7.05 Å². The van der Waals surface area contributed by atoms with E-state index in [1.165, 1.54) is 0 Å². The fourth-order valence-corrected chi connectivity index (χ4v) is 1.86. The zero-order chi connectivity index (χ0) is 11.0. The number of hydrogen-bond acceptors (Lipinski definition) is 2. The monoisotopic (exact) mass is 208 g/mol. The van der Waals surface area contributed by atoms with Crippen LogP contribution in [0.25, 0.3) is 0 Å². The lowest BCUT2D eigenvalue weighted by Crippen LogP contribution is -2.42. The van der Waals surface area contributed by atoms with E-state index in [0.29, 0.717) is 6.54 Å². The molecule has 0 N–H and O–H groups in total. The second-order valence-corrected chi connectivity index (χ2v) is 4.10. The molecule has 15 heavy (non-hydrogen) atoms. The largest absolute Gasteiger partial charge is 0.336 e. The van der Waals surface area contributed by atoms with Crippen LogP contribution in [-0.2, 0) is 20.0 Å². The molecule has 5 nitrogen and oxygen atoms in total. The van der Waals surface area contributed by atoms with Crippen molar-refractivity contribution in [2.45, 2.75) is 13.0 Å². The van der Waals surface area contributed by atoms with Gasteiger partial charge in [0.2, 0.25) is 0 Å². The van der Waals surface area contributed by atoms with Gasteiger partial charge in [-0.2, -0.15) is 0 Å². The highest BCUT2D eigenvalue weighted by Gasteiger charge is 2.24. The van der Waals surface area contributed by atoms with Gasteiger partial charge >= 0.3 is 6.03 Å². The molecule has 0 saturated heterocycles. The van der Waals surface area contributed by atoms with Gasteiger partial charge in [0, 0.05) is 34.1 Å². The third kappa shape index (κ3) is 1.69. The van der Waals surface area contributed by atoms with Crippen LogP contribution >= 0.6 is 0 Å². The van der Waals surface area contributed by atoms with Crippen LogP contribution in [0.15, 0.2) is 6.33 Å². The zero-order valence-corrected chi connectivity index (χ0v) is 9.40. The number of aryl methyl sites for hydroxylation is 1. The Morgan fingerprint density at radius 3 is 2.93 bits per heavy atom. The van der Waals surface area contributed by atoms with E-state index in [1.807, 2.05) is 22.8 Å². The van der Waals surface area contributed by atoms with Gasteiger partial charge in [-0.3, -0.25) is 0 Å². The SMILES string of the molecule is CN(C)C(=O)N1CCc2ncn(C)c2C1. The zero-order valence-electron chi connectivity index (χ0n) is 9.40. The van der Waals surface area contributed by atoms with Gasteiger partial charge in [0.25, 0.3) is 0 Å². The molecule has 1 aliphatic heterocycles. The van der Waals surface area contributed by atoms with E-state index in [4.69, 9.17) is 0 Å². The van der Waals surface area contributed by atoms with Crippen molar-refractivity contribution < 1.29 is 4.79 Å². The normalized spacial score (nSPS) is 15.0. The quantitative estimate of drug-likeness (QED) is 0.621. The van der Waals surface area contributed by atoms with Crippen LogP contribution in [0, 0.1) is 0 Å². The highest BCUT2D eigenvalue weighted by atomic mass is 16.2. The molecule has 0 aromatic carbocycles. The first-order valence-electron chi connectivity index (χ1n) is 5.05. The molecule has 0 spiro atoms. The smallest absolute Gasteiger partial charge is 0.319 e. The van der Waals surface area contributed by atoms with Crippen molar-refractivity contribution in [1.82, 2.24) is 19.4 Å². The van der Waals surface area contributed by atoms with Crippen LogP contribution in [0.3, 0.4) is 0 Å². The van der Waals surface area contributed by atoms with Crippen LogP contribution in [-0.4, -0.2) is 46.0 Å². The number of hydrogen-bond donors (Lipinski definition) is 0. The van der Waals surface area contributed by atoms with E-state index in [2.05, 4.69) is 4.98 Å². The first-order valence-corrected chi connectivity index (χ1v) is 5.05. The van der Waals surface area contributed by atoms with Gasteiger partial charge in [0.15, 0.2) is 0 Å². The Bertz CT molecular complexity index is 383. The molecule has 2 heterocycles. The van der Waals surface area contributed by atoms with Crippen molar-refractivity contribution in [3.05, 3.63) is 17.7 Å². The van der Waals surface area contributed by atoms with Gasteiger partial charge < -0.3 is 14.4 Å². The molecule has 1 aliphatic rings. The molecule has 0 aliphatic carbocycles. The molecule has 0 unspecified atom stereocenters. The average Bonchev–Trinajstić information content (AvgIpc) is 2.59. The topological polar surface area (TPSA) is 41.4 Å². The molecule has 0 fully saturated rings. The highest BCUT2D eigenvalue weighted by Crippen LogP contribution is 2.17. The van der Waals surface area contributed by atoms with Gasteiger partial charge in [-0.05, 0) is 0 Å². The summed E-state index contributed by atoms with van der Waals surface area (Å²) in [5, 5.41) is 0. The van der Waals surface area contributed by atoms with E-state index >= 15 is 0 Å². The minimum atomic E-state index is 0.0712. The number of carbonyl (C=O) groups is 1. The number of imidazole rings is 1. The summed E-state index contributed by atoms with van der Waals surface area (Å²) in [6.07, 6.45) is 2.67. The van der Waals surface area contributed by atoms with Crippen LogP contribution in [0.4, 0.5) is 4.79 Å². The summed E-state index contributed by atoms with van der Waals surface area (Å²) in [6.45, 7) is 1.43. The average molecular weight is 208 g/mol. The van der Waals surface area contributed by atoms with Crippen LogP contribution < -0.4 is 0 Å². The first-order chi connectivity index (χ1) is 7.09. The lowest BCUT2D eigenvalue weighted by atomic mass is 10.1. The summed E-state index contributed by atoms with van der Waals surface area (Å²) >= 11 is 0. The minimum absolute atomic E-state index is 0.0712. The van der Waals surface area contributed by atoms with Crippen LogP contribution in [0.2, 0.25) is 0 Å². The molecule has 0 bridgehead atoms. The maximum Gasteiger partial charge on any atom is 0.319 e. The molecule has 0 radical (unpaired) electrons. The van der Waals surface area contributed by atoms with Gasteiger partial charge in [-0.25, -0.2) is 9.78 Å². The molecular weight excluding hydrogens is 192 g/mol. The first kappa shape index (κ1) is 10.0. The van der Waals surface area contributed by atoms with Gasteiger partial charge in [-0.1, -0.05) is 0 Å². The predicted octanol–water partition coefficient (Wildman–Crippen LogP) is 0.460. The maximum absolute atomic E-state index is 11.8. The summed E-state index contributed by atoms with van der Waals surface area (Å²) in [5.74, 6) is 0. The lowest BCUT2D eigenvalue weighted by molar-refractivity contribution is 0.164. The number of amides is 2. The number of nitrogens with zero attached hydrogens (tertiary/aromatic N) is 4. The Hall–Kier alpha value is -1.52. The third-order valence-electron chi connectivity index (χ3n) is 2.76. The summed E-state index contributed by atoms with van der Waals surface area (Å²) in [6, 6.07) is 0.0712. The van der Waals surface area contributed by atoms with Crippen molar-refractivity contribution in [1.29, 1.82) is 0 Å². The van der Waals surface area contributed by atoms with Gasteiger partial charge in [0.1, 0.15) is 0 Å². The Kier molecular flexibility index (Phi) is 2.38. The predicted molar refractivity (Wildman–Crippen MR) is 56.4 cm³/mol. The van der Waals surface area contributed by atoms with E-state index in [-0.39, 0.29) is 6.03 Å². The van der Waals surface area contributed by atoms with Gasteiger partial charge in [0.05, 0.1) is 24.3 Å². The van der Waals surface area contributed by atoms with Crippen molar-refractivity contribution in [3.63, 3.8) is 0 Å². The second kappa shape index (κ2) is 3.56. The lowest BCUT2D eigenvalue weighted by Gasteiger charge is -2.29. The molecule has 1 aromatic rings. The molecule has 82 valence electrons. The van der Waals surface area contributed by atoms with E-state index in [0.717, 1.165) is 24.4 Å². The Balaban J connectivity index is 2.18. The van der Waals surface area contributed by atoms with E-state index < -0.39 is 0 Å². The number of carbonyl (C=O) groups excluding carboxylic acids is 1.